The third-order valence-electron chi connectivity index (χ3n) is 1.64. The maximum Gasteiger partial charge on any atom is 0.330 e. The first kappa shape index (κ1) is 12.5. The minimum absolute atomic E-state index is 0.190. The first-order valence-corrected chi connectivity index (χ1v) is 5.25. The van der Waals surface area contributed by atoms with E-state index >= 15 is 0 Å². The Labute approximate surface area is 82.8 Å². The van der Waals surface area contributed by atoms with Gasteiger partial charge in [0.05, 0.1) is 0 Å². The van der Waals surface area contributed by atoms with Crippen molar-refractivity contribution in [3.63, 3.8) is 0 Å². The van der Waals surface area contributed by atoms with Crippen molar-refractivity contribution >= 4 is 17.7 Å². The van der Waals surface area contributed by atoms with Crippen molar-refractivity contribution in [1.82, 2.24) is 0 Å². The molecule has 13 heavy (non-hydrogen) atoms. The highest BCUT2D eigenvalue weighted by atomic mass is 32.2. The Balaban J connectivity index is 3.65. The fraction of sp³-hybridized carbons (Fsp3) is 0.667. The Morgan fingerprint density at radius 1 is 1.62 bits per heavy atom. The second-order valence-electron chi connectivity index (χ2n) is 2.85. The van der Waals surface area contributed by atoms with Crippen molar-refractivity contribution in [2.75, 3.05) is 12.4 Å². The minimum atomic E-state index is -0.865. The van der Waals surface area contributed by atoms with Crippen LogP contribution in [0.1, 0.15) is 20.3 Å². The molecule has 0 heterocycles. The normalized spacial score (nSPS) is 14.2. The van der Waals surface area contributed by atoms with Gasteiger partial charge in [-0.05, 0) is 13.3 Å². The van der Waals surface area contributed by atoms with Crippen molar-refractivity contribution in [3.8, 4) is 0 Å². The Bertz CT molecular complexity index is 189. The molecule has 0 aromatic heterocycles. The van der Waals surface area contributed by atoms with Crippen LogP contribution in [0.2, 0.25) is 0 Å². The molecule has 0 aromatic carbocycles. The van der Waals surface area contributed by atoms with Gasteiger partial charge in [0.1, 0.15) is 0 Å². The summed E-state index contributed by atoms with van der Waals surface area (Å²) < 4.78 is 0. The molecule has 0 aliphatic rings. The minimum Gasteiger partial charge on any atom is -0.478 e. The van der Waals surface area contributed by atoms with Crippen molar-refractivity contribution in [2.45, 2.75) is 25.5 Å². The van der Waals surface area contributed by atoms with Gasteiger partial charge in [-0.1, -0.05) is 13.0 Å². The number of rotatable bonds is 6. The number of carboxylic acid groups (broad SMARTS) is 1. The highest BCUT2D eigenvalue weighted by molar-refractivity contribution is 8.00. The van der Waals surface area contributed by atoms with E-state index < -0.39 is 5.97 Å². The van der Waals surface area contributed by atoms with Crippen molar-refractivity contribution in [3.05, 3.63) is 11.6 Å². The van der Waals surface area contributed by atoms with Crippen LogP contribution in [-0.4, -0.2) is 33.8 Å². The predicted octanol–water partition coefficient (Wildman–Crippen LogP) is 1.52. The maximum atomic E-state index is 10.4. The number of aliphatic hydroxyl groups is 1. The number of hydrogen-bond acceptors (Lipinski definition) is 3. The molecule has 2 N–H and O–H groups in total. The van der Waals surface area contributed by atoms with Gasteiger partial charge in [0, 0.05) is 23.2 Å². The average Bonchev–Trinajstić information content (AvgIpc) is 2.04. The molecule has 0 aromatic rings. The number of carbonyl (C=O) groups is 1. The van der Waals surface area contributed by atoms with E-state index in [0.717, 1.165) is 6.42 Å². The van der Waals surface area contributed by atoms with Crippen molar-refractivity contribution in [2.24, 2.45) is 0 Å². The lowest BCUT2D eigenvalue weighted by Crippen LogP contribution is -2.01. The Morgan fingerprint density at radius 2 is 2.23 bits per heavy atom. The number of thioether (sulfide) groups is 1. The summed E-state index contributed by atoms with van der Waals surface area (Å²) in [5.41, 5.74) is 0.378. The molecule has 4 heteroatoms. The summed E-state index contributed by atoms with van der Waals surface area (Å²) in [6, 6.07) is 0. The van der Waals surface area contributed by atoms with Crippen LogP contribution in [0.3, 0.4) is 0 Å². The summed E-state index contributed by atoms with van der Waals surface area (Å²) in [5, 5.41) is 17.5. The van der Waals surface area contributed by atoms with Gasteiger partial charge in [-0.2, -0.15) is 11.8 Å². The van der Waals surface area contributed by atoms with Crippen LogP contribution in [-0.2, 0) is 4.79 Å². The van der Waals surface area contributed by atoms with Crippen LogP contribution >= 0.6 is 11.8 Å². The Kier molecular flexibility index (Phi) is 6.72. The summed E-state index contributed by atoms with van der Waals surface area (Å²) >= 11 is 1.65. The van der Waals surface area contributed by atoms with E-state index in [1.807, 2.05) is 6.92 Å². The number of carboxylic acids is 1. The molecule has 0 rings (SSSR count). The third kappa shape index (κ3) is 6.66. The summed E-state index contributed by atoms with van der Waals surface area (Å²) in [6.45, 7) is 3.79. The van der Waals surface area contributed by atoms with E-state index in [-0.39, 0.29) is 6.61 Å². The van der Waals surface area contributed by atoms with Gasteiger partial charge in [0.2, 0.25) is 0 Å². The van der Waals surface area contributed by atoms with Gasteiger partial charge in [-0.15, -0.1) is 0 Å². The molecule has 76 valence electrons. The summed E-state index contributed by atoms with van der Waals surface area (Å²) in [7, 11) is 0. The molecule has 0 amide bonds. The molecule has 0 saturated carbocycles. The fourth-order valence-electron chi connectivity index (χ4n) is 0.690. The number of hydrogen-bond donors (Lipinski definition) is 2. The zero-order valence-corrected chi connectivity index (χ0v) is 8.80. The van der Waals surface area contributed by atoms with E-state index in [2.05, 4.69) is 0 Å². The average molecular weight is 204 g/mol. The molecule has 0 saturated heterocycles. The SMILES string of the molecule is CC(=CCSC(C)CCO)C(=O)O. The topological polar surface area (TPSA) is 57.5 Å². The standard InChI is InChI=1S/C9H16O3S/c1-7(9(11)12)4-6-13-8(2)3-5-10/h4,8,10H,3,5-6H2,1-2H3,(H,11,12). The van der Waals surface area contributed by atoms with Gasteiger partial charge in [0.15, 0.2) is 0 Å². The Morgan fingerprint density at radius 3 is 2.69 bits per heavy atom. The molecule has 3 nitrogen and oxygen atoms in total. The zero-order chi connectivity index (χ0) is 10.3. The van der Waals surface area contributed by atoms with Gasteiger partial charge < -0.3 is 10.2 Å². The van der Waals surface area contributed by atoms with Crippen LogP contribution in [0.5, 0.6) is 0 Å². The van der Waals surface area contributed by atoms with E-state index in [1.165, 1.54) is 0 Å². The first-order chi connectivity index (χ1) is 6.07. The summed E-state index contributed by atoms with van der Waals surface area (Å²) in [6.07, 6.45) is 2.45. The lowest BCUT2D eigenvalue weighted by atomic mass is 10.3. The molecule has 0 radical (unpaired) electrons. The van der Waals surface area contributed by atoms with Crippen LogP contribution < -0.4 is 0 Å². The van der Waals surface area contributed by atoms with Crippen LogP contribution in [0.4, 0.5) is 0 Å². The largest absolute Gasteiger partial charge is 0.478 e. The second-order valence-corrected chi connectivity index (χ2v) is 4.32. The van der Waals surface area contributed by atoms with Gasteiger partial charge >= 0.3 is 5.97 Å². The molecule has 1 unspecified atom stereocenters. The van der Waals surface area contributed by atoms with Crippen molar-refractivity contribution in [1.29, 1.82) is 0 Å². The smallest absolute Gasteiger partial charge is 0.330 e. The van der Waals surface area contributed by atoms with E-state index in [1.54, 1.807) is 24.8 Å². The van der Waals surface area contributed by atoms with Crippen molar-refractivity contribution < 1.29 is 15.0 Å². The summed E-state index contributed by atoms with van der Waals surface area (Å²) in [4.78, 5) is 10.4. The predicted molar refractivity (Wildman–Crippen MR) is 55.0 cm³/mol. The molecule has 0 spiro atoms. The molecular formula is C9H16O3S. The molecule has 0 aliphatic carbocycles. The lowest BCUT2D eigenvalue weighted by molar-refractivity contribution is -0.132. The zero-order valence-electron chi connectivity index (χ0n) is 7.99. The van der Waals surface area contributed by atoms with E-state index in [4.69, 9.17) is 10.2 Å². The van der Waals surface area contributed by atoms with Gasteiger partial charge in [-0.3, -0.25) is 0 Å². The molecule has 0 fully saturated rings. The quantitative estimate of drug-likeness (QED) is 0.644. The van der Waals surface area contributed by atoms with Crippen LogP contribution in [0.15, 0.2) is 11.6 Å². The highest BCUT2D eigenvalue weighted by Gasteiger charge is 2.01. The Hall–Kier alpha value is -0.480. The van der Waals surface area contributed by atoms with Crippen LogP contribution in [0, 0.1) is 0 Å². The number of aliphatic carboxylic acids is 1. The lowest BCUT2D eigenvalue weighted by Gasteiger charge is -2.06. The first-order valence-electron chi connectivity index (χ1n) is 4.20. The van der Waals surface area contributed by atoms with Gasteiger partial charge in [0.25, 0.3) is 0 Å². The fourth-order valence-corrected chi connectivity index (χ4v) is 1.64. The van der Waals surface area contributed by atoms with Gasteiger partial charge in [-0.25, -0.2) is 4.79 Å². The molecule has 1 atom stereocenters. The third-order valence-corrected chi connectivity index (χ3v) is 2.81. The molecular weight excluding hydrogens is 188 g/mol. The highest BCUT2D eigenvalue weighted by Crippen LogP contribution is 2.14. The number of aliphatic hydroxyl groups excluding tert-OH is 1. The maximum absolute atomic E-state index is 10.4. The van der Waals surface area contributed by atoms with Crippen LogP contribution in [0.25, 0.3) is 0 Å². The van der Waals surface area contributed by atoms with E-state index in [0.29, 0.717) is 16.6 Å². The molecule has 0 bridgehead atoms. The monoisotopic (exact) mass is 204 g/mol. The summed E-state index contributed by atoms with van der Waals surface area (Å²) in [5.74, 6) is -0.172. The second kappa shape index (κ2) is 6.97. The molecule has 0 aliphatic heterocycles. The van der Waals surface area contributed by atoms with E-state index in [9.17, 15) is 4.79 Å².